The van der Waals surface area contributed by atoms with Crippen molar-refractivity contribution in [1.82, 2.24) is 9.97 Å². The lowest BCUT2D eigenvalue weighted by Gasteiger charge is -2.37. The Morgan fingerprint density at radius 2 is 1.69 bits per heavy atom. The number of nitrogens with one attached hydrogen (secondary N) is 1. The molecule has 3 aromatic carbocycles. The second-order valence-electron chi connectivity index (χ2n) is 11.6. The Labute approximate surface area is 265 Å². The second-order valence-corrected chi connectivity index (χ2v) is 11.6. The minimum atomic E-state index is -0.251. The van der Waals surface area contributed by atoms with Crippen LogP contribution < -0.4 is 34.2 Å². The zero-order valence-corrected chi connectivity index (χ0v) is 27.3. The van der Waals surface area contributed by atoms with Gasteiger partial charge in [-0.2, -0.15) is 4.98 Å². The van der Waals surface area contributed by atoms with Gasteiger partial charge in [-0.25, -0.2) is 14.7 Å². The Morgan fingerprint density at radius 1 is 0.956 bits per heavy atom. The monoisotopic (exact) mass is 610 g/mol. The summed E-state index contributed by atoms with van der Waals surface area (Å²) < 4.78 is 16.9. The highest BCUT2D eigenvalue weighted by atomic mass is 16.5. The number of hydrogen-bond acceptors (Lipinski definition) is 8. The van der Waals surface area contributed by atoms with Crippen LogP contribution in [-0.4, -0.2) is 50.9 Å². The maximum atomic E-state index is 14.4. The molecule has 1 aliphatic heterocycles. The van der Waals surface area contributed by atoms with E-state index in [1.807, 2.05) is 50.2 Å². The van der Waals surface area contributed by atoms with E-state index in [9.17, 15) is 4.79 Å². The number of methoxy groups -OCH3 is 3. The summed E-state index contributed by atoms with van der Waals surface area (Å²) in [5, 5.41) is 3.32. The maximum absolute atomic E-state index is 14.4. The molecule has 45 heavy (non-hydrogen) atoms. The average Bonchev–Trinajstić information content (AvgIpc) is 3.03. The van der Waals surface area contributed by atoms with Gasteiger partial charge in [0.2, 0.25) is 5.95 Å². The molecule has 0 saturated carbocycles. The van der Waals surface area contributed by atoms with Gasteiger partial charge in [-0.05, 0) is 61.6 Å². The van der Waals surface area contributed by atoms with E-state index in [0.29, 0.717) is 52.9 Å². The van der Waals surface area contributed by atoms with Crippen molar-refractivity contribution in [2.24, 2.45) is 5.92 Å². The van der Waals surface area contributed by atoms with Gasteiger partial charge in [0.25, 0.3) is 0 Å². The molecule has 0 fully saturated rings. The summed E-state index contributed by atoms with van der Waals surface area (Å²) >= 11 is 0. The molecule has 1 aliphatic rings. The molecule has 1 N–H and O–H groups in total. The molecule has 4 aromatic rings. The number of para-hydroxylation sites is 1. The number of hydrogen-bond donors (Lipinski definition) is 1. The fraction of sp³-hybridized carbons (Fsp3) is 0.343. The van der Waals surface area contributed by atoms with E-state index >= 15 is 0 Å². The Hall–Kier alpha value is -4.99. The Kier molecular flexibility index (Phi) is 9.32. The number of benzene rings is 3. The third-order valence-corrected chi connectivity index (χ3v) is 8.06. The van der Waals surface area contributed by atoms with Crippen LogP contribution in [0.1, 0.15) is 37.0 Å². The van der Waals surface area contributed by atoms with Crippen LogP contribution in [0.3, 0.4) is 0 Å². The Balaban J connectivity index is 1.56. The van der Waals surface area contributed by atoms with E-state index in [1.165, 1.54) is 0 Å². The van der Waals surface area contributed by atoms with Gasteiger partial charge in [0.05, 0.1) is 44.9 Å². The van der Waals surface area contributed by atoms with E-state index in [-0.39, 0.29) is 6.03 Å². The third-order valence-electron chi connectivity index (χ3n) is 8.06. The first-order valence-electron chi connectivity index (χ1n) is 15.1. The Bertz CT molecular complexity index is 1670. The van der Waals surface area contributed by atoms with Crippen molar-refractivity contribution in [2.75, 3.05) is 54.9 Å². The lowest BCUT2D eigenvalue weighted by atomic mass is 10.1. The summed E-state index contributed by atoms with van der Waals surface area (Å²) in [6.07, 6.45) is 2.86. The van der Waals surface area contributed by atoms with E-state index in [1.54, 1.807) is 55.5 Å². The normalized spacial score (nSPS) is 12.7. The van der Waals surface area contributed by atoms with Crippen LogP contribution in [0.4, 0.5) is 39.3 Å². The van der Waals surface area contributed by atoms with Crippen molar-refractivity contribution in [3.8, 4) is 17.2 Å². The van der Waals surface area contributed by atoms with Crippen LogP contribution in [0.2, 0.25) is 0 Å². The molecule has 236 valence electrons. The lowest BCUT2D eigenvalue weighted by molar-refractivity contribution is 0.252. The van der Waals surface area contributed by atoms with Crippen LogP contribution in [0, 0.1) is 19.8 Å². The molecule has 2 heterocycles. The van der Waals surface area contributed by atoms with E-state index in [2.05, 4.69) is 36.1 Å². The molecule has 0 aliphatic carbocycles. The van der Waals surface area contributed by atoms with Gasteiger partial charge in [-0.1, -0.05) is 32.0 Å². The molecular weight excluding hydrogens is 568 g/mol. The molecule has 2 amide bonds. The highest BCUT2D eigenvalue weighted by Crippen LogP contribution is 2.43. The number of nitrogens with zero attached hydrogens (tertiary/aromatic N) is 5. The van der Waals surface area contributed by atoms with Crippen molar-refractivity contribution in [3.05, 3.63) is 77.5 Å². The second kappa shape index (κ2) is 13.3. The summed E-state index contributed by atoms with van der Waals surface area (Å²) in [5.74, 6) is 3.17. The highest BCUT2D eigenvalue weighted by Gasteiger charge is 2.37. The number of urea groups is 1. The molecule has 0 radical (unpaired) electrons. The molecular formula is C35H42N6O4. The number of amides is 2. The van der Waals surface area contributed by atoms with Crippen LogP contribution in [0.5, 0.6) is 17.2 Å². The number of carbonyl (C=O) groups excluding carboxylic acids is 1. The van der Waals surface area contributed by atoms with E-state index < -0.39 is 0 Å². The topological polar surface area (TPSA) is 92.3 Å². The molecule has 5 rings (SSSR count). The largest absolute Gasteiger partial charge is 0.497 e. The molecule has 0 unspecified atom stereocenters. The first-order chi connectivity index (χ1) is 21.6. The lowest BCUT2D eigenvalue weighted by Crippen LogP contribution is -2.46. The van der Waals surface area contributed by atoms with Crippen LogP contribution >= 0.6 is 0 Å². The number of aromatic nitrogens is 2. The van der Waals surface area contributed by atoms with Gasteiger partial charge in [-0.15, -0.1) is 0 Å². The van der Waals surface area contributed by atoms with Crippen LogP contribution in [-0.2, 0) is 6.54 Å². The van der Waals surface area contributed by atoms with Crippen molar-refractivity contribution >= 4 is 40.5 Å². The van der Waals surface area contributed by atoms with E-state index in [0.717, 1.165) is 41.0 Å². The van der Waals surface area contributed by atoms with Gasteiger partial charge in [0, 0.05) is 43.2 Å². The molecule has 0 saturated heterocycles. The number of anilines is 6. The minimum absolute atomic E-state index is 0.251. The summed E-state index contributed by atoms with van der Waals surface area (Å²) in [6, 6.07) is 17.1. The predicted octanol–water partition coefficient (Wildman–Crippen LogP) is 7.62. The fourth-order valence-corrected chi connectivity index (χ4v) is 5.53. The third kappa shape index (κ3) is 6.45. The number of ether oxygens (including phenoxy) is 3. The van der Waals surface area contributed by atoms with Gasteiger partial charge < -0.3 is 24.4 Å². The molecule has 0 atom stereocenters. The van der Waals surface area contributed by atoms with Crippen LogP contribution in [0.25, 0.3) is 0 Å². The zero-order valence-electron chi connectivity index (χ0n) is 27.3. The SMILES string of the molecule is COc1ccc(N2C(=O)N(c3c(C)cccc3C)Cc3cnc(Nc4ccc(N(C)CCC(C)C)cc4OC)nc32)c(OC)c1. The van der Waals surface area contributed by atoms with Crippen molar-refractivity contribution in [3.63, 3.8) is 0 Å². The summed E-state index contributed by atoms with van der Waals surface area (Å²) in [7, 11) is 6.89. The van der Waals surface area contributed by atoms with Gasteiger partial charge >= 0.3 is 6.03 Å². The number of rotatable bonds is 11. The summed E-state index contributed by atoms with van der Waals surface area (Å²) in [5.41, 5.74) is 5.95. The molecule has 0 bridgehead atoms. The molecule has 1 aromatic heterocycles. The predicted molar refractivity (Wildman–Crippen MR) is 180 cm³/mol. The maximum Gasteiger partial charge on any atom is 0.335 e. The number of fused-ring (bicyclic) bond motifs is 1. The first kappa shape index (κ1) is 31.4. The quantitative estimate of drug-likeness (QED) is 0.185. The van der Waals surface area contributed by atoms with Crippen LogP contribution in [0.15, 0.2) is 60.8 Å². The first-order valence-corrected chi connectivity index (χ1v) is 15.1. The zero-order chi connectivity index (χ0) is 32.2. The number of carbonyl (C=O) groups is 1. The van der Waals surface area contributed by atoms with Crippen molar-refractivity contribution in [2.45, 2.75) is 40.7 Å². The molecule has 0 spiro atoms. The van der Waals surface area contributed by atoms with E-state index in [4.69, 9.17) is 19.2 Å². The fourth-order valence-electron chi connectivity index (χ4n) is 5.53. The number of aryl methyl sites for hydroxylation is 2. The van der Waals surface area contributed by atoms with Crippen molar-refractivity contribution in [1.29, 1.82) is 0 Å². The van der Waals surface area contributed by atoms with Gasteiger partial charge in [0.1, 0.15) is 17.2 Å². The smallest absolute Gasteiger partial charge is 0.335 e. The minimum Gasteiger partial charge on any atom is -0.497 e. The average molecular weight is 611 g/mol. The van der Waals surface area contributed by atoms with Gasteiger partial charge in [0.15, 0.2) is 5.82 Å². The summed E-state index contributed by atoms with van der Waals surface area (Å²) in [6.45, 7) is 9.72. The standard InChI is InChI=1S/C35H42N6O4/c1-22(2)16-17-39(5)26-12-14-28(30(18-26)44-7)37-34-36-20-25-21-40(32-23(3)10-9-11-24(32)4)35(42)41(33(25)38-34)29-15-13-27(43-6)19-31(29)45-8/h9-15,18-20,22H,16-17,21H2,1-8H3,(H,36,37,38). The van der Waals surface area contributed by atoms with Crippen molar-refractivity contribution < 1.29 is 19.0 Å². The summed E-state index contributed by atoms with van der Waals surface area (Å²) in [4.78, 5) is 29.6. The molecule has 10 heteroatoms. The highest BCUT2D eigenvalue weighted by molar-refractivity contribution is 6.11. The Morgan fingerprint density at radius 3 is 2.36 bits per heavy atom. The van der Waals surface area contributed by atoms with Gasteiger partial charge in [-0.3, -0.25) is 4.90 Å². The molecule has 10 nitrogen and oxygen atoms in total.